The van der Waals surface area contributed by atoms with Crippen molar-refractivity contribution in [1.29, 1.82) is 0 Å². The first-order chi connectivity index (χ1) is 14.9. The van der Waals surface area contributed by atoms with Crippen LogP contribution in [0.5, 0.6) is 0 Å². The number of anilines is 3. The van der Waals surface area contributed by atoms with Gasteiger partial charge in [-0.3, -0.25) is 4.79 Å². The van der Waals surface area contributed by atoms with Gasteiger partial charge in [-0.15, -0.1) is 0 Å². The Morgan fingerprint density at radius 3 is 2.44 bits per heavy atom. The minimum atomic E-state index is -4.80. The van der Waals surface area contributed by atoms with Gasteiger partial charge in [0.05, 0.1) is 34.1 Å². The summed E-state index contributed by atoms with van der Waals surface area (Å²) in [6, 6.07) is 3.70. The van der Waals surface area contributed by atoms with Crippen molar-refractivity contribution in [1.82, 2.24) is 15.0 Å². The number of rotatable bonds is 2. The summed E-state index contributed by atoms with van der Waals surface area (Å²) in [4.78, 5) is 23.5. The summed E-state index contributed by atoms with van der Waals surface area (Å²) in [6.45, 7) is 0. The molecule has 3 aromatic rings. The van der Waals surface area contributed by atoms with Crippen LogP contribution in [0, 0.1) is 0 Å². The van der Waals surface area contributed by atoms with Crippen LogP contribution in [0.4, 0.5) is 43.7 Å². The summed E-state index contributed by atoms with van der Waals surface area (Å²) in [5.41, 5.74) is -2.35. The number of nitrogens with zero attached hydrogens (tertiary/aromatic N) is 3. The summed E-state index contributed by atoms with van der Waals surface area (Å²) in [5, 5.41) is 4.70. The average molecular weight is 474 g/mol. The highest BCUT2D eigenvalue weighted by atomic mass is 35.5. The molecule has 0 spiro atoms. The molecule has 166 valence electrons. The maximum atomic E-state index is 13.3. The number of pyridine rings is 1. The number of carbonyl (C=O) groups is 1. The van der Waals surface area contributed by atoms with Gasteiger partial charge in [-0.25, -0.2) is 15.0 Å². The third kappa shape index (κ3) is 4.31. The normalized spacial score (nSPS) is 13.7. The lowest BCUT2D eigenvalue weighted by Crippen LogP contribution is -2.14. The van der Waals surface area contributed by atoms with Crippen molar-refractivity contribution in [2.45, 2.75) is 18.8 Å². The SMILES string of the molecule is O=C1Cc2cnc(Nc3cc(Cl)cnc3C(F)(F)F)nc2-c2ccc(C(F)(F)F)cc2N1. The van der Waals surface area contributed by atoms with E-state index in [2.05, 4.69) is 25.6 Å². The van der Waals surface area contributed by atoms with E-state index in [-0.39, 0.29) is 39.9 Å². The van der Waals surface area contributed by atoms with Crippen LogP contribution >= 0.6 is 11.6 Å². The van der Waals surface area contributed by atoms with Gasteiger partial charge in [-0.1, -0.05) is 17.7 Å². The number of nitrogens with one attached hydrogen (secondary N) is 2. The number of aromatic nitrogens is 3. The molecular weight excluding hydrogens is 464 g/mol. The Hall–Kier alpha value is -3.41. The van der Waals surface area contributed by atoms with Crippen molar-refractivity contribution in [2.75, 3.05) is 10.6 Å². The minimum Gasteiger partial charge on any atom is -0.325 e. The smallest absolute Gasteiger partial charge is 0.325 e. The zero-order valence-electron chi connectivity index (χ0n) is 15.6. The molecule has 3 heterocycles. The molecule has 1 aliphatic rings. The maximum absolute atomic E-state index is 13.3. The first kappa shape index (κ1) is 21.8. The Labute approximate surface area is 180 Å². The van der Waals surface area contributed by atoms with Gasteiger partial charge in [0, 0.05) is 23.5 Å². The summed E-state index contributed by atoms with van der Waals surface area (Å²) < 4.78 is 79.0. The van der Waals surface area contributed by atoms with Gasteiger partial charge in [0.2, 0.25) is 11.9 Å². The van der Waals surface area contributed by atoms with Crippen LogP contribution in [0.25, 0.3) is 11.3 Å². The van der Waals surface area contributed by atoms with Crippen LogP contribution in [-0.4, -0.2) is 20.9 Å². The fourth-order valence-electron chi connectivity index (χ4n) is 3.11. The Morgan fingerprint density at radius 2 is 1.75 bits per heavy atom. The van der Waals surface area contributed by atoms with Crippen molar-refractivity contribution >= 4 is 34.8 Å². The van der Waals surface area contributed by atoms with Gasteiger partial charge >= 0.3 is 12.4 Å². The number of hydrogen-bond acceptors (Lipinski definition) is 5. The molecule has 0 fully saturated rings. The topological polar surface area (TPSA) is 79.8 Å². The van der Waals surface area contributed by atoms with Crippen molar-refractivity contribution in [3.05, 3.63) is 58.5 Å². The molecule has 2 aromatic heterocycles. The molecule has 0 saturated heterocycles. The van der Waals surface area contributed by atoms with E-state index >= 15 is 0 Å². The molecule has 1 amide bonds. The van der Waals surface area contributed by atoms with E-state index < -0.39 is 35.2 Å². The molecule has 0 bridgehead atoms. The second-order valence-electron chi connectivity index (χ2n) is 6.72. The van der Waals surface area contributed by atoms with E-state index in [9.17, 15) is 31.1 Å². The molecule has 4 rings (SSSR count). The lowest BCUT2D eigenvalue weighted by atomic mass is 10.0. The van der Waals surface area contributed by atoms with Crippen LogP contribution in [0.15, 0.2) is 36.7 Å². The van der Waals surface area contributed by atoms with Crippen LogP contribution in [0.2, 0.25) is 5.02 Å². The number of carbonyl (C=O) groups excluding carboxylic acids is 1. The predicted molar refractivity (Wildman–Crippen MR) is 102 cm³/mol. The zero-order chi connectivity index (χ0) is 23.3. The van der Waals surface area contributed by atoms with Gasteiger partial charge in [-0.2, -0.15) is 26.3 Å². The van der Waals surface area contributed by atoms with E-state index in [0.717, 1.165) is 30.5 Å². The number of hydrogen-bond donors (Lipinski definition) is 2. The minimum absolute atomic E-state index is 0.0740. The largest absolute Gasteiger partial charge is 0.435 e. The monoisotopic (exact) mass is 473 g/mol. The molecule has 6 nitrogen and oxygen atoms in total. The van der Waals surface area contributed by atoms with Crippen molar-refractivity contribution in [3.8, 4) is 11.3 Å². The van der Waals surface area contributed by atoms with E-state index in [1.807, 2.05) is 0 Å². The first-order valence-electron chi connectivity index (χ1n) is 8.79. The molecule has 0 atom stereocenters. The second kappa shape index (κ2) is 7.62. The standard InChI is InChI=1S/C19H10ClF6N5O/c20-10-5-13(16(27-7-10)19(24,25)26)30-17-28-6-8-3-14(32)29-12-4-9(18(21,22)23)1-2-11(12)15(8)31-17/h1-2,4-7H,3H2,(H,29,32)(H,28,30,31). The van der Waals surface area contributed by atoms with E-state index in [0.29, 0.717) is 0 Å². The molecule has 1 aromatic carbocycles. The summed E-state index contributed by atoms with van der Waals surface area (Å²) >= 11 is 5.76. The molecule has 32 heavy (non-hydrogen) atoms. The van der Waals surface area contributed by atoms with Gasteiger partial charge in [0.25, 0.3) is 0 Å². The lowest BCUT2D eigenvalue weighted by molar-refractivity contribution is -0.140. The van der Waals surface area contributed by atoms with Gasteiger partial charge in [0.1, 0.15) is 0 Å². The molecule has 0 unspecified atom stereocenters. The third-order valence-electron chi connectivity index (χ3n) is 4.46. The summed E-state index contributed by atoms with van der Waals surface area (Å²) in [7, 11) is 0. The molecular formula is C19H10ClF6N5O. The van der Waals surface area contributed by atoms with Crippen molar-refractivity contribution in [2.24, 2.45) is 0 Å². The highest BCUT2D eigenvalue weighted by molar-refractivity contribution is 6.30. The second-order valence-corrected chi connectivity index (χ2v) is 7.16. The van der Waals surface area contributed by atoms with E-state index in [4.69, 9.17) is 11.6 Å². The zero-order valence-corrected chi connectivity index (χ0v) is 16.3. The molecule has 0 radical (unpaired) electrons. The van der Waals surface area contributed by atoms with Gasteiger partial charge in [0.15, 0.2) is 5.69 Å². The fraction of sp³-hybridized carbons (Fsp3) is 0.158. The van der Waals surface area contributed by atoms with Crippen LogP contribution < -0.4 is 10.6 Å². The van der Waals surface area contributed by atoms with Gasteiger partial charge in [-0.05, 0) is 18.2 Å². The lowest BCUT2D eigenvalue weighted by Gasteiger charge is -2.15. The molecule has 2 N–H and O–H groups in total. The Kier molecular flexibility index (Phi) is 5.19. The van der Waals surface area contributed by atoms with E-state index in [1.54, 1.807) is 0 Å². The molecule has 13 heteroatoms. The highest BCUT2D eigenvalue weighted by Crippen LogP contribution is 2.39. The Morgan fingerprint density at radius 1 is 1.00 bits per heavy atom. The molecule has 0 saturated carbocycles. The first-order valence-corrected chi connectivity index (χ1v) is 9.17. The summed E-state index contributed by atoms with van der Waals surface area (Å²) in [5.74, 6) is -0.884. The Bertz CT molecular complexity index is 1230. The number of halogens is 7. The van der Waals surface area contributed by atoms with E-state index in [1.165, 1.54) is 6.20 Å². The van der Waals surface area contributed by atoms with Crippen molar-refractivity contribution < 1.29 is 31.1 Å². The highest BCUT2D eigenvalue weighted by Gasteiger charge is 2.36. The maximum Gasteiger partial charge on any atom is 0.435 e. The number of alkyl halides is 6. The Balaban J connectivity index is 1.80. The number of benzene rings is 1. The summed E-state index contributed by atoms with van der Waals surface area (Å²) in [6.07, 6.45) is -7.63. The van der Waals surface area contributed by atoms with Crippen molar-refractivity contribution in [3.63, 3.8) is 0 Å². The fourth-order valence-corrected chi connectivity index (χ4v) is 3.27. The quantitative estimate of drug-likeness (QED) is 0.483. The number of fused-ring (bicyclic) bond motifs is 3. The average Bonchev–Trinajstić information content (AvgIpc) is 2.81. The van der Waals surface area contributed by atoms with Gasteiger partial charge < -0.3 is 10.6 Å². The van der Waals surface area contributed by atoms with Crippen LogP contribution in [-0.2, 0) is 23.6 Å². The van der Waals surface area contributed by atoms with Crippen LogP contribution in [0.3, 0.4) is 0 Å². The number of amides is 1. The molecule has 1 aliphatic heterocycles. The molecule has 0 aliphatic carbocycles. The van der Waals surface area contributed by atoms with Crippen LogP contribution in [0.1, 0.15) is 16.8 Å². The third-order valence-corrected chi connectivity index (χ3v) is 4.67. The predicted octanol–water partition coefficient (Wildman–Crippen LogP) is 5.47.